The summed E-state index contributed by atoms with van der Waals surface area (Å²) in [5.74, 6) is -1.05. The molecule has 0 spiro atoms. The molecule has 0 aliphatic carbocycles. The zero-order valence-corrected chi connectivity index (χ0v) is 10.9. The van der Waals surface area contributed by atoms with Gasteiger partial charge in [-0.1, -0.05) is 0 Å². The molecule has 1 aliphatic heterocycles. The summed E-state index contributed by atoms with van der Waals surface area (Å²) in [5, 5.41) is 8.87. The summed E-state index contributed by atoms with van der Waals surface area (Å²) in [5.41, 5.74) is 0. The number of amides is 1. The number of morpholine rings is 1. The molecule has 2 rings (SSSR count). The van der Waals surface area contributed by atoms with E-state index in [1.807, 2.05) is 19.1 Å². The van der Waals surface area contributed by atoms with E-state index in [1.54, 1.807) is 16.2 Å². The van der Waals surface area contributed by atoms with Gasteiger partial charge in [0.25, 0.3) is 0 Å². The van der Waals surface area contributed by atoms with Gasteiger partial charge >= 0.3 is 5.97 Å². The number of rotatable bonds is 3. The molecule has 1 atom stereocenters. The van der Waals surface area contributed by atoms with Crippen LogP contribution >= 0.6 is 11.3 Å². The fourth-order valence-electron chi connectivity index (χ4n) is 1.87. The lowest BCUT2D eigenvalue weighted by atomic mass is 10.2. The first kappa shape index (κ1) is 13.0. The van der Waals surface area contributed by atoms with Crippen molar-refractivity contribution in [3.8, 4) is 0 Å². The molecule has 0 bridgehead atoms. The van der Waals surface area contributed by atoms with Crippen LogP contribution in [-0.2, 0) is 20.7 Å². The maximum atomic E-state index is 12.0. The molecule has 1 fully saturated rings. The van der Waals surface area contributed by atoms with Crippen LogP contribution in [0.4, 0.5) is 0 Å². The Bertz CT molecular complexity index is 457. The monoisotopic (exact) mass is 269 g/mol. The predicted molar refractivity (Wildman–Crippen MR) is 66.7 cm³/mol. The largest absolute Gasteiger partial charge is 0.479 e. The van der Waals surface area contributed by atoms with Crippen LogP contribution in [0.25, 0.3) is 0 Å². The number of aliphatic carboxylic acids is 1. The number of nitrogens with zero attached hydrogens (tertiary/aromatic N) is 1. The molecule has 0 saturated carbocycles. The van der Waals surface area contributed by atoms with Crippen LogP contribution in [0.1, 0.15) is 9.75 Å². The lowest BCUT2D eigenvalue weighted by Crippen LogP contribution is -2.48. The van der Waals surface area contributed by atoms with Gasteiger partial charge in [0, 0.05) is 16.3 Å². The molecule has 2 heterocycles. The third kappa shape index (κ3) is 3.08. The highest BCUT2D eigenvalue weighted by molar-refractivity contribution is 7.12. The summed E-state index contributed by atoms with van der Waals surface area (Å²) in [6, 6.07) is 3.92. The van der Waals surface area contributed by atoms with E-state index in [4.69, 9.17) is 9.84 Å². The number of carbonyl (C=O) groups excluding carboxylic acids is 1. The molecule has 1 aromatic rings. The zero-order valence-electron chi connectivity index (χ0n) is 10.1. The number of hydrogen-bond donors (Lipinski definition) is 1. The Labute approximate surface area is 109 Å². The van der Waals surface area contributed by atoms with Gasteiger partial charge in [-0.25, -0.2) is 4.79 Å². The molecule has 98 valence electrons. The second-order valence-corrected chi connectivity index (χ2v) is 5.60. The van der Waals surface area contributed by atoms with E-state index in [2.05, 4.69) is 0 Å². The molecule has 1 N–H and O–H groups in total. The van der Waals surface area contributed by atoms with Crippen LogP contribution in [0.15, 0.2) is 12.1 Å². The first-order valence-electron chi connectivity index (χ1n) is 5.74. The van der Waals surface area contributed by atoms with Gasteiger partial charge in [0.05, 0.1) is 19.6 Å². The molecule has 1 amide bonds. The Morgan fingerprint density at radius 2 is 2.33 bits per heavy atom. The number of ether oxygens (including phenoxy) is 1. The summed E-state index contributed by atoms with van der Waals surface area (Å²) in [7, 11) is 0. The fraction of sp³-hybridized carbons (Fsp3) is 0.500. The maximum absolute atomic E-state index is 12.0. The van der Waals surface area contributed by atoms with Crippen LogP contribution in [0, 0.1) is 6.92 Å². The van der Waals surface area contributed by atoms with Crippen molar-refractivity contribution < 1.29 is 19.4 Å². The molecule has 1 aliphatic rings. The molecule has 0 aromatic carbocycles. The standard InChI is InChI=1S/C12H15NO4S/c1-8-2-3-9(18-8)6-11(14)13-4-5-17-10(7-13)12(15)16/h2-3,10H,4-7H2,1H3,(H,15,16). The van der Waals surface area contributed by atoms with Crippen LogP contribution in [0.2, 0.25) is 0 Å². The highest BCUT2D eigenvalue weighted by Crippen LogP contribution is 2.17. The number of hydrogen-bond acceptors (Lipinski definition) is 4. The molecule has 18 heavy (non-hydrogen) atoms. The lowest BCUT2D eigenvalue weighted by molar-refractivity contribution is -0.159. The van der Waals surface area contributed by atoms with Crippen molar-refractivity contribution in [3.05, 3.63) is 21.9 Å². The van der Waals surface area contributed by atoms with Crippen molar-refractivity contribution in [1.82, 2.24) is 4.90 Å². The number of aryl methyl sites for hydroxylation is 1. The number of carbonyl (C=O) groups is 2. The van der Waals surface area contributed by atoms with Crippen molar-refractivity contribution in [2.24, 2.45) is 0 Å². The molecular weight excluding hydrogens is 254 g/mol. The fourth-order valence-corrected chi connectivity index (χ4v) is 2.75. The molecule has 1 saturated heterocycles. The van der Waals surface area contributed by atoms with E-state index in [1.165, 1.54) is 4.88 Å². The van der Waals surface area contributed by atoms with Gasteiger partial charge in [0.1, 0.15) is 0 Å². The molecule has 1 aromatic heterocycles. The topological polar surface area (TPSA) is 66.8 Å². The summed E-state index contributed by atoms with van der Waals surface area (Å²) in [4.78, 5) is 26.6. The average Bonchev–Trinajstić information content (AvgIpc) is 2.75. The third-order valence-electron chi connectivity index (χ3n) is 2.82. The van der Waals surface area contributed by atoms with Gasteiger partial charge in [-0.05, 0) is 19.1 Å². The summed E-state index contributed by atoms with van der Waals surface area (Å²) in [6.07, 6.45) is -0.557. The zero-order chi connectivity index (χ0) is 13.1. The van der Waals surface area contributed by atoms with Gasteiger partial charge in [0.2, 0.25) is 5.91 Å². The van der Waals surface area contributed by atoms with Crippen LogP contribution < -0.4 is 0 Å². The Kier molecular flexibility index (Phi) is 3.98. The van der Waals surface area contributed by atoms with Gasteiger partial charge in [-0.3, -0.25) is 4.79 Å². The molecule has 1 unspecified atom stereocenters. The first-order chi connectivity index (χ1) is 8.56. The van der Waals surface area contributed by atoms with Gasteiger partial charge in [-0.2, -0.15) is 0 Å². The smallest absolute Gasteiger partial charge is 0.334 e. The van der Waals surface area contributed by atoms with E-state index < -0.39 is 12.1 Å². The highest BCUT2D eigenvalue weighted by atomic mass is 32.1. The number of carboxylic acid groups (broad SMARTS) is 1. The van der Waals surface area contributed by atoms with E-state index in [0.717, 1.165) is 4.88 Å². The van der Waals surface area contributed by atoms with Crippen molar-refractivity contribution in [2.45, 2.75) is 19.4 Å². The maximum Gasteiger partial charge on any atom is 0.334 e. The average molecular weight is 269 g/mol. The highest BCUT2D eigenvalue weighted by Gasteiger charge is 2.28. The molecular formula is C12H15NO4S. The Balaban J connectivity index is 1.94. The van der Waals surface area contributed by atoms with E-state index in [9.17, 15) is 9.59 Å². The van der Waals surface area contributed by atoms with E-state index in [-0.39, 0.29) is 19.1 Å². The molecule has 5 nitrogen and oxygen atoms in total. The second kappa shape index (κ2) is 5.49. The quantitative estimate of drug-likeness (QED) is 0.885. The summed E-state index contributed by atoms with van der Waals surface area (Å²) >= 11 is 1.59. The van der Waals surface area contributed by atoms with E-state index in [0.29, 0.717) is 13.0 Å². The number of carboxylic acids is 1. The predicted octanol–water partition coefficient (Wildman–Crippen LogP) is 0.911. The van der Waals surface area contributed by atoms with Crippen LogP contribution in [-0.4, -0.2) is 47.7 Å². The molecule has 0 radical (unpaired) electrons. The van der Waals surface area contributed by atoms with Gasteiger partial charge < -0.3 is 14.7 Å². The van der Waals surface area contributed by atoms with Gasteiger partial charge in [-0.15, -0.1) is 11.3 Å². The van der Waals surface area contributed by atoms with Crippen LogP contribution in [0.3, 0.4) is 0 Å². The Morgan fingerprint density at radius 1 is 1.56 bits per heavy atom. The minimum Gasteiger partial charge on any atom is -0.479 e. The first-order valence-corrected chi connectivity index (χ1v) is 6.55. The van der Waals surface area contributed by atoms with Crippen molar-refractivity contribution >= 4 is 23.2 Å². The van der Waals surface area contributed by atoms with Crippen molar-refractivity contribution in [1.29, 1.82) is 0 Å². The Morgan fingerprint density at radius 3 is 2.94 bits per heavy atom. The minimum atomic E-state index is -1.01. The third-order valence-corrected chi connectivity index (χ3v) is 3.82. The van der Waals surface area contributed by atoms with E-state index >= 15 is 0 Å². The summed E-state index contributed by atoms with van der Waals surface area (Å²) in [6.45, 7) is 2.88. The lowest BCUT2D eigenvalue weighted by Gasteiger charge is -2.30. The summed E-state index contributed by atoms with van der Waals surface area (Å²) < 4.78 is 5.08. The normalized spacial score (nSPS) is 19.8. The van der Waals surface area contributed by atoms with Gasteiger partial charge in [0.15, 0.2) is 6.10 Å². The van der Waals surface area contributed by atoms with Crippen molar-refractivity contribution in [3.63, 3.8) is 0 Å². The SMILES string of the molecule is Cc1ccc(CC(=O)N2CCOC(C(=O)O)C2)s1. The second-order valence-electron chi connectivity index (χ2n) is 4.23. The number of thiophene rings is 1. The minimum absolute atomic E-state index is 0.0357. The molecule has 6 heteroatoms. The van der Waals surface area contributed by atoms with Crippen molar-refractivity contribution in [2.75, 3.05) is 19.7 Å². The Hall–Kier alpha value is -1.40. The van der Waals surface area contributed by atoms with Crippen LogP contribution in [0.5, 0.6) is 0 Å².